The third kappa shape index (κ3) is 3.60. The number of fused-ring (bicyclic) bond motifs is 1. The van der Waals surface area contributed by atoms with E-state index in [4.69, 9.17) is 4.74 Å². The summed E-state index contributed by atoms with van der Waals surface area (Å²) in [5.41, 5.74) is 1.84. The van der Waals surface area contributed by atoms with Crippen molar-refractivity contribution in [2.45, 2.75) is 22.2 Å². The molecule has 3 heterocycles. The Labute approximate surface area is 180 Å². The van der Waals surface area contributed by atoms with Crippen molar-refractivity contribution in [1.29, 1.82) is 0 Å². The number of amides is 1. The maximum atomic E-state index is 13.5. The van der Waals surface area contributed by atoms with Crippen molar-refractivity contribution < 1.29 is 17.9 Å². The molecule has 2 atom stereocenters. The molecule has 8 heteroatoms. The van der Waals surface area contributed by atoms with Crippen LogP contribution in [0.2, 0.25) is 0 Å². The number of para-hydroxylation sites is 1. The van der Waals surface area contributed by atoms with Crippen LogP contribution in [0.5, 0.6) is 0 Å². The first-order chi connectivity index (χ1) is 15.0. The Morgan fingerprint density at radius 1 is 1.06 bits per heavy atom. The zero-order chi connectivity index (χ0) is 21.5. The number of pyridine rings is 1. The summed E-state index contributed by atoms with van der Waals surface area (Å²) < 4.78 is 32.9. The Kier molecular flexibility index (Phi) is 5.00. The second kappa shape index (κ2) is 7.71. The number of carbonyl (C=O) groups excluding carboxylic acids is 1. The van der Waals surface area contributed by atoms with E-state index in [2.05, 4.69) is 15.6 Å². The molecule has 160 valence electrons. The lowest BCUT2D eigenvalue weighted by Crippen LogP contribution is -2.66. The van der Waals surface area contributed by atoms with Gasteiger partial charge in [-0.15, -0.1) is 0 Å². The van der Waals surface area contributed by atoms with Crippen molar-refractivity contribution in [3.05, 3.63) is 60.8 Å². The van der Waals surface area contributed by atoms with E-state index in [1.165, 1.54) is 0 Å². The van der Waals surface area contributed by atoms with Gasteiger partial charge in [0.15, 0.2) is 9.84 Å². The highest BCUT2D eigenvalue weighted by Gasteiger charge is 2.51. The lowest BCUT2D eigenvalue weighted by molar-refractivity contribution is -0.146. The third-order valence-electron chi connectivity index (χ3n) is 6.20. The average molecular weight is 438 g/mol. The Hall–Kier alpha value is -2.81. The summed E-state index contributed by atoms with van der Waals surface area (Å²) in [5, 5.41) is 6.20. The van der Waals surface area contributed by atoms with E-state index in [9.17, 15) is 13.2 Å². The molecule has 7 nitrogen and oxygen atoms in total. The Morgan fingerprint density at radius 2 is 1.87 bits per heavy atom. The van der Waals surface area contributed by atoms with Gasteiger partial charge in [0.05, 0.1) is 10.4 Å². The number of nitrogens with zero attached hydrogens (tertiary/aromatic N) is 1. The fourth-order valence-electron chi connectivity index (χ4n) is 4.43. The smallest absolute Gasteiger partial charge is 0.246 e. The summed E-state index contributed by atoms with van der Waals surface area (Å²) >= 11 is 0. The number of hydrogen-bond donors (Lipinski definition) is 2. The zero-order valence-corrected chi connectivity index (χ0v) is 17.7. The van der Waals surface area contributed by atoms with E-state index in [1.54, 1.807) is 18.3 Å². The second-order valence-corrected chi connectivity index (χ2v) is 10.2. The van der Waals surface area contributed by atoms with Crippen LogP contribution >= 0.6 is 0 Å². The third-order valence-corrected chi connectivity index (χ3v) is 8.47. The minimum Gasteiger partial charge on any atom is -0.362 e. The quantitative estimate of drug-likeness (QED) is 0.650. The monoisotopic (exact) mass is 437 g/mol. The molecule has 2 saturated heterocycles. The summed E-state index contributed by atoms with van der Waals surface area (Å²) in [4.78, 5) is 16.3. The molecular formula is C23H23N3O4S. The molecule has 1 aromatic heterocycles. The lowest BCUT2D eigenvalue weighted by Gasteiger charge is -2.45. The molecule has 0 saturated carbocycles. The first kappa shape index (κ1) is 20.1. The standard InChI is InChI=1S/C23H23N3O4S/c27-22-14-30-23(15-26-22)9-10-24-13-21(23)31(28,29)19-7-5-16(6-8-19)18-11-17-3-1-2-4-20(17)25-12-18/h1-8,11-12,21,24H,9-10,13-15H2,(H,26,27). The fourth-order valence-corrected chi connectivity index (χ4v) is 6.45. The number of sulfone groups is 1. The van der Waals surface area contributed by atoms with Gasteiger partial charge >= 0.3 is 0 Å². The van der Waals surface area contributed by atoms with Crippen LogP contribution in [0.3, 0.4) is 0 Å². The summed E-state index contributed by atoms with van der Waals surface area (Å²) in [6.07, 6.45) is 2.32. The summed E-state index contributed by atoms with van der Waals surface area (Å²) in [6, 6.07) is 16.8. The Bertz CT molecular complexity index is 1230. The van der Waals surface area contributed by atoms with Gasteiger partial charge in [-0.1, -0.05) is 30.3 Å². The van der Waals surface area contributed by atoms with E-state index < -0.39 is 20.7 Å². The van der Waals surface area contributed by atoms with E-state index in [0.29, 0.717) is 13.0 Å². The number of piperidine rings is 1. The number of carbonyl (C=O) groups is 1. The molecule has 0 aliphatic carbocycles. The van der Waals surface area contributed by atoms with E-state index in [1.807, 2.05) is 42.5 Å². The van der Waals surface area contributed by atoms with Crippen LogP contribution in [0.4, 0.5) is 0 Å². The zero-order valence-electron chi connectivity index (χ0n) is 16.9. The molecule has 1 amide bonds. The van der Waals surface area contributed by atoms with E-state index in [0.717, 1.165) is 22.0 Å². The number of benzene rings is 2. The topological polar surface area (TPSA) is 97.4 Å². The van der Waals surface area contributed by atoms with Crippen molar-refractivity contribution >= 4 is 26.6 Å². The lowest BCUT2D eigenvalue weighted by atomic mass is 9.90. The van der Waals surface area contributed by atoms with Gasteiger partial charge in [-0.05, 0) is 42.8 Å². The highest BCUT2D eigenvalue weighted by molar-refractivity contribution is 7.92. The van der Waals surface area contributed by atoms with Crippen LogP contribution in [-0.4, -0.2) is 56.4 Å². The molecule has 2 aliphatic rings. The predicted molar refractivity (Wildman–Crippen MR) is 117 cm³/mol. The molecule has 31 heavy (non-hydrogen) atoms. The van der Waals surface area contributed by atoms with E-state index in [-0.39, 0.29) is 30.5 Å². The SMILES string of the molecule is O=C1COC2(CCNCC2S(=O)(=O)c2ccc(-c3cnc4ccccc4c3)cc2)CN1. The van der Waals surface area contributed by atoms with Crippen LogP contribution in [-0.2, 0) is 19.4 Å². The van der Waals surface area contributed by atoms with Gasteiger partial charge in [0.2, 0.25) is 5.91 Å². The number of ether oxygens (including phenoxy) is 1. The Morgan fingerprint density at radius 3 is 2.65 bits per heavy atom. The molecular weight excluding hydrogens is 414 g/mol. The van der Waals surface area contributed by atoms with Crippen LogP contribution in [0.25, 0.3) is 22.0 Å². The summed E-state index contributed by atoms with van der Waals surface area (Å²) in [6.45, 7) is 1.03. The van der Waals surface area contributed by atoms with Gasteiger partial charge in [0, 0.05) is 30.2 Å². The largest absolute Gasteiger partial charge is 0.362 e. The number of aromatic nitrogens is 1. The van der Waals surface area contributed by atoms with Gasteiger partial charge in [-0.3, -0.25) is 9.78 Å². The minimum absolute atomic E-state index is 0.111. The molecule has 0 bridgehead atoms. The van der Waals surface area contributed by atoms with Gasteiger partial charge in [-0.25, -0.2) is 8.42 Å². The highest BCUT2D eigenvalue weighted by Crippen LogP contribution is 2.34. The number of rotatable bonds is 3. The van der Waals surface area contributed by atoms with Gasteiger partial charge in [-0.2, -0.15) is 0 Å². The molecule has 2 aromatic carbocycles. The van der Waals surface area contributed by atoms with Crippen molar-refractivity contribution in [3.63, 3.8) is 0 Å². The summed E-state index contributed by atoms with van der Waals surface area (Å²) in [5.74, 6) is -0.214. The maximum Gasteiger partial charge on any atom is 0.246 e. The number of morpholine rings is 1. The molecule has 5 rings (SSSR count). The molecule has 2 aliphatic heterocycles. The average Bonchev–Trinajstić information content (AvgIpc) is 2.81. The van der Waals surface area contributed by atoms with Gasteiger partial charge in [0.25, 0.3) is 0 Å². The van der Waals surface area contributed by atoms with Gasteiger partial charge < -0.3 is 15.4 Å². The van der Waals surface area contributed by atoms with Crippen molar-refractivity contribution in [3.8, 4) is 11.1 Å². The highest BCUT2D eigenvalue weighted by atomic mass is 32.2. The predicted octanol–water partition coefficient (Wildman–Crippen LogP) is 1.92. The first-order valence-corrected chi connectivity index (χ1v) is 11.8. The molecule has 3 aromatic rings. The first-order valence-electron chi connectivity index (χ1n) is 10.3. The van der Waals surface area contributed by atoms with Crippen LogP contribution in [0.15, 0.2) is 65.7 Å². The molecule has 2 unspecified atom stereocenters. The van der Waals surface area contributed by atoms with Crippen molar-refractivity contribution in [2.75, 3.05) is 26.2 Å². The maximum absolute atomic E-state index is 13.5. The van der Waals surface area contributed by atoms with Crippen LogP contribution in [0, 0.1) is 0 Å². The molecule has 1 spiro atoms. The summed E-state index contributed by atoms with van der Waals surface area (Å²) in [7, 11) is -3.68. The molecule has 0 radical (unpaired) electrons. The second-order valence-electron chi connectivity index (χ2n) is 8.06. The minimum atomic E-state index is -3.68. The Balaban J connectivity index is 1.45. The van der Waals surface area contributed by atoms with Gasteiger partial charge in [0.1, 0.15) is 17.5 Å². The van der Waals surface area contributed by atoms with Crippen molar-refractivity contribution in [2.24, 2.45) is 0 Å². The molecule has 2 fully saturated rings. The van der Waals surface area contributed by atoms with Crippen LogP contribution < -0.4 is 10.6 Å². The molecule has 2 N–H and O–H groups in total. The van der Waals surface area contributed by atoms with Crippen molar-refractivity contribution in [1.82, 2.24) is 15.6 Å². The normalized spacial score (nSPS) is 24.3. The van der Waals surface area contributed by atoms with E-state index >= 15 is 0 Å². The fraction of sp³-hybridized carbons (Fsp3) is 0.304. The van der Waals surface area contributed by atoms with Crippen LogP contribution in [0.1, 0.15) is 6.42 Å². The number of nitrogens with one attached hydrogen (secondary N) is 2. The number of hydrogen-bond acceptors (Lipinski definition) is 6.